The van der Waals surface area contributed by atoms with Gasteiger partial charge in [0.15, 0.2) is 0 Å². The molecule has 2 rings (SSSR count). The summed E-state index contributed by atoms with van der Waals surface area (Å²) in [5.74, 6) is 0.264. The molecule has 0 aliphatic carbocycles. The number of hydrogen-bond donors (Lipinski definition) is 2. The largest absolute Gasteiger partial charge is 0.379 e. The Balaban J connectivity index is 2.17. The lowest BCUT2D eigenvalue weighted by atomic mass is 10.3. The van der Waals surface area contributed by atoms with Gasteiger partial charge in [-0.1, -0.05) is 18.2 Å². The number of nitrogens with zero attached hydrogens (tertiary/aromatic N) is 2. The van der Waals surface area contributed by atoms with Gasteiger partial charge in [0.05, 0.1) is 5.69 Å². The lowest BCUT2D eigenvalue weighted by Gasteiger charge is -2.08. The van der Waals surface area contributed by atoms with Gasteiger partial charge in [-0.15, -0.1) is 18.3 Å². The second kappa shape index (κ2) is 6.05. The Morgan fingerprint density at radius 3 is 2.95 bits per heavy atom. The number of anilines is 2. The average molecular weight is 276 g/mol. The summed E-state index contributed by atoms with van der Waals surface area (Å²) in [6.07, 6.45) is 1.79. The average Bonchev–Trinajstić information content (AvgIpc) is 2.84. The van der Waals surface area contributed by atoms with Gasteiger partial charge in [0.2, 0.25) is 11.5 Å². The fraction of sp³-hybridized carbons (Fsp3) is 0.0833. The second-order valence-corrected chi connectivity index (χ2v) is 4.61. The third-order valence-electron chi connectivity index (χ3n) is 2.22. The molecule has 0 bridgehead atoms. The predicted molar refractivity (Wildman–Crippen MR) is 74.0 cm³/mol. The van der Waals surface area contributed by atoms with Crippen molar-refractivity contribution >= 4 is 29.2 Å². The van der Waals surface area contributed by atoms with Crippen molar-refractivity contribution in [1.82, 2.24) is 10.3 Å². The first-order valence-electron chi connectivity index (χ1n) is 5.44. The molecule has 1 aromatic carbocycles. The summed E-state index contributed by atoms with van der Waals surface area (Å²) in [5.41, 5.74) is 6.12. The van der Waals surface area contributed by atoms with Gasteiger partial charge in [0.25, 0.3) is 5.91 Å². The van der Waals surface area contributed by atoms with Gasteiger partial charge in [0.1, 0.15) is 0 Å². The van der Waals surface area contributed by atoms with Gasteiger partial charge >= 0.3 is 0 Å². The highest BCUT2D eigenvalue weighted by Gasteiger charge is 2.17. The van der Waals surface area contributed by atoms with Crippen LogP contribution in [0.4, 0.5) is 11.5 Å². The van der Waals surface area contributed by atoms with Crippen molar-refractivity contribution in [3.8, 4) is 0 Å². The van der Waals surface area contributed by atoms with E-state index in [0.717, 1.165) is 10.6 Å². The Kier molecular flexibility index (Phi) is 4.19. The van der Waals surface area contributed by atoms with Crippen LogP contribution < -0.4 is 11.1 Å². The third kappa shape index (κ3) is 3.14. The minimum atomic E-state index is -0.453. The first kappa shape index (κ1) is 13.2. The number of hydrogen-bond acceptors (Lipinski definition) is 6. The van der Waals surface area contributed by atoms with Crippen molar-refractivity contribution in [3.63, 3.8) is 0 Å². The molecule has 19 heavy (non-hydrogen) atoms. The van der Waals surface area contributed by atoms with E-state index < -0.39 is 5.91 Å². The zero-order chi connectivity index (χ0) is 13.7. The van der Waals surface area contributed by atoms with Gasteiger partial charge < -0.3 is 11.1 Å². The smallest absolute Gasteiger partial charge is 0.281 e. The molecule has 0 unspecified atom stereocenters. The molecule has 0 spiro atoms. The molecule has 98 valence electrons. The van der Waals surface area contributed by atoms with Crippen LogP contribution in [-0.2, 0) is 0 Å². The summed E-state index contributed by atoms with van der Waals surface area (Å²) < 4.78 is 4.39. The van der Waals surface area contributed by atoms with Crippen LogP contribution in [0.25, 0.3) is 0 Å². The summed E-state index contributed by atoms with van der Waals surface area (Å²) in [5, 5.41) is 9.55. The Labute approximate surface area is 114 Å². The van der Waals surface area contributed by atoms with Gasteiger partial charge in [-0.2, -0.15) is 0 Å². The molecule has 0 fully saturated rings. The molecule has 2 aromatic rings. The highest BCUT2D eigenvalue weighted by Crippen LogP contribution is 2.27. The molecule has 0 aliphatic heterocycles. The van der Waals surface area contributed by atoms with E-state index in [4.69, 9.17) is 5.73 Å². The van der Waals surface area contributed by atoms with E-state index in [-0.39, 0.29) is 11.5 Å². The van der Waals surface area contributed by atoms with Crippen LogP contribution >= 0.6 is 11.8 Å². The number of aromatic nitrogens is 2. The molecule has 7 heteroatoms. The third-order valence-corrected chi connectivity index (χ3v) is 3.29. The Morgan fingerprint density at radius 1 is 1.47 bits per heavy atom. The monoisotopic (exact) mass is 276 g/mol. The summed E-state index contributed by atoms with van der Waals surface area (Å²) in [4.78, 5) is 12.9. The van der Waals surface area contributed by atoms with E-state index in [9.17, 15) is 4.79 Å². The first-order chi connectivity index (χ1) is 9.22. The van der Waals surface area contributed by atoms with Crippen molar-refractivity contribution < 1.29 is 9.42 Å². The molecule has 6 nitrogen and oxygen atoms in total. The van der Waals surface area contributed by atoms with Crippen LogP contribution in [0, 0.1) is 0 Å². The van der Waals surface area contributed by atoms with Gasteiger partial charge in [-0.05, 0) is 22.4 Å². The Morgan fingerprint density at radius 2 is 2.26 bits per heavy atom. The van der Waals surface area contributed by atoms with E-state index >= 15 is 0 Å². The van der Waals surface area contributed by atoms with Gasteiger partial charge in [-0.3, -0.25) is 4.79 Å². The number of benzene rings is 1. The predicted octanol–water partition coefficient (Wildman–Crippen LogP) is 2.18. The Bertz CT molecular complexity index is 597. The maximum absolute atomic E-state index is 11.9. The van der Waals surface area contributed by atoms with Gasteiger partial charge in [0, 0.05) is 10.6 Å². The highest BCUT2D eigenvalue weighted by atomic mass is 32.2. The molecule has 0 saturated heterocycles. The minimum Gasteiger partial charge on any atom is -0.379 e. The number of thioether (sulfide) groups is 1. The van der Waals surface area contributed by atoms with Crippen LogP contribution in [0.1, 0.15) is 10.5 Å². The molecule has 1 amide bonds. The molecular formula is C12H12N4O2S. The standard InChI is InChI=1S/C12H12N4O2S/c1-2-7-19-9-6-4-3-5-8(9)14-12(17)10-11(13)16-18-15-10/h2-6H,1,7H2,(H2,13,16)(H,14,17). The lowest BCUT2D eigenvalue weighted by molar-refractivity contribution is 0.101. The molecule has 1 aromatic heterocycles. The fourth-order valence-corrected chi connectivity index (χ4v) is 2.13. The summed E-state index contributed by atoms with van der Waals surface area (Å²) in [6, 6.07) is 7.44. The molecule has 3 N–H and O–H groups in total. The van der Waals surface area contributed by atoms with Gasteiger partial charge in [-0.25, -0.2) is 4.63 Å². The molecule has 0 radical (unpaired) electrons. The molecule has 1 heterocycles. The topological polar surface area (TPSA) is 94.0 Å². The zero-order valence-electron chi connectivity index (χ0n) is 10.00. The maximum Gasteiger partial charge on any atom is 0.281 e. The number of nitrogens with two attached hydrogens (primary N) is 1. The number of nitrogen functional groups attached to an aromatic ring is 1. The molecule has 0 atom stereocenters. The van der Waals surface area contributed by atoms with E-state index in [2.05, 4.69) is 26.8 Å². The number of carbonyl (C=O) groups excluding carboxylic acids is 1. The number of para-hydroxylation sites is 1. The van der Waals surface area contributed by atoms with E-state index in [0.29, 0.717) is 5.69 Å². The van der Waals surface area contributed by atoms with Crippen molar-refractivity contribution in [2.24, 2.45) is 0 Å². The highest BCUT2D eigenvalue weighted by molar-refractivity contribution is 7.99. The van der Waals surface area contributed by atoms with Crippen LogP contribution in [0.2, 0.25) is 0 Å². The van der Waals surface area contributed by atoms with Crippen molar-refractivity contribution in [3.05, 3.63) is 42.6 Å². The second-order valence-electron chi connectivity index (χ2n) is 3.55. The van der Waals surface area contributed by atoms with Crippen molar-refractivity contribution in [2.45, 2.75) is 4.90 Å². The van der Waals surface area contributed by atoms with Crippen LogP contribution in [0.15, 0.2) is 46.4 Å². The number of nitrogens with one attached hydrogen (secondary N) is 1. The quantitative estimate of drug-likeness (QED) is 0.642. The fourth-order valence-electron chi connectivity index (χ4n) is 1.38. The van der Waals surface area contributed by atoms with E-state index in [1.807, 2.05) is 18.2 Å². The molecule has 0 aliphatic rings. The number of amides is 1. The summed E-state index contributed by atoms with van der Waals surface area (Å²) >= 11 is 1.57. The lowest BCUT2D eigenvalue weighted by Crippen LogP contribution is -2.14. The van der Waals surface area contributed by atoms with E-state index in [1.165, 1.54) is 0 Å². The zero-order valence-corrected chi connectivity index (χ0v) is 10.8. The van der Waals surface area contributed by atoms with E-state index in [1.54, 1.807) is 23.9 Å². The number of rotatable bonds is 5. The Hall–Kier alpha value is -2.28. The summed E-state index contributed by atoms with van der Waals surface area (Å²) in [7, 11) is 0. The SMILES string of the molecule is C=CCSc1ccccc1NC(=O)c1nonc1N. The maximum atomic E-state index is 11.9. The van der Waals surface area contributed by atoms with Crippen LogP contribution in [0.3, 0.4) is 0 Å². The number of carbonyl (C=O) groups is 1. The minimum absolute atomic E-state index is 0.0245. The van der Waals surface area contributed by atoms with Crippen molar-refractivity contribution in [1.29, 1.82) is 0 Å². The van der Waals surface area contributed by atoms with Crippen molar-refractivity contribution in [2.75, 3.05) is 16.8 Å². The molecule has 0 saturated carbocycles. The first-order valence-corrected chi connectivity index (χ1v) is 6.43. The normalized spacial score (nSPS) is 10.1. The van der Waals surface area contributed by atoms with Crippen LogP contribution in [-0.4, -0.2) is 22.0 Å². The molecular weight excluding hydrogens is 264 g/mol. The summed E-state index contributed by atoms with van der Waals surface area (Å²) in [6.45, 7) is 3.66. The van der Waals surface area contributed by atoms with Crippen LogP contribution in [0.5, 0.6) is 0 Å².